The minimum absolute atomic E-state index is 0.156. The molecule has 0 spiro atoms. The third-order valence-electron chi connectivity index (χ3n) is 10.4. The molecule has 46 heavy (non-hydrogen) atoms. The lowest BCUT2D eigenvalue weighted by atomic mass is 9.78. The van der Waals surface area contributed by atoms with Gasteiger partial charge in [-0.2, -0.15) is 0 Å². The molecule has 0 radical (unpaired) electrons. The topological polar surface area (TPSA) is 13.1 Å². The van der Waals surface area contributed by atoms with Gasteiger partial charge in [0.25, 0.3) is 0 Å². The molecule has 8 aromatic carbocycles. The summed E-state index contributed by atoms with van der Waals surface area (Å²) in [7, 11) is 0. The third-order valence-corrected chi connectivity index (χ3v) is 10.4. The summed E-state index contributed by atoms with van der Waals surface area (Å²) in [6.07, 6.45) is 0. The molecule has 0 fully saturated rings. The summed E-state index contributed by atoms with van der Waals surface area (Å²) in [5.74, 6) is 0. The molecule has 1 heterocycles. The maximum Gasteiger partial charge on any atom is 0.136 e. The molecule has 0 aliphatic heterocycles. The molecule has 0 N–H and O–H groups in total. The number of rotatable bonds is 2. The van der Waals surface area contributed by atoms with E-state index in [1.807, 2.05) is 0 Å². The highest BCUT2D eigenvalue weighted by Crippen LogP contribution is 2.55. The molecule has 1 nitrogen and oxygen atoms in total. The standard InChI is InChI=1S/C45H30O/c1-45(2)39-19-8-7-16-35(39)43-37(34-18-9-14-27-11-5-6-15-32(27)34)25-31-22-21-30(24-36(31)44(43)45)33-17-10-20-40-42(33)38-23-28-12-3-4-13-29(28)26-41(38)46-40/h3-26H,1-2H3. The van der Waals surface area contributed by atoms with Gasteiger partial charge in [-0.05, 0) is 107 Å². The highest BCUT2D eigenvalue weighted by molar-refractivity contribution is 6.16. The van der Waals surface area contributed by atoms with E-state index in [1.54, 1.807) is 0 Å². The molecule has 9 aromatic rings. The van der Waals surface area contributed by atoms with E-state index in [0.29, 0.717) is 0 Å². The van der Waals surface area contributed by atoms with Gasteiger partial charge in [0, 0.05) is 16.2 Å². The number of benzene rings is 8. The molecule has 1 heteroatoms. The molecule has 1 aliphatic carbocycles. The van der Waals surface area contributed by atoms with Crippen molar-refractivity contribution in [1.82, 2.24) is 0 Å². The van der Waals surface area contributed by atoms with Gasteiger partial charge in [0.15, 0.2) is 0 Å². The van der Waals surface area contributed by atoms with Crippen LogP contribution in [0.5, 0.6) is 0 Å². The van der Waals surface area contributed by atoms with Crippen molar-refractivity contribution in [1.29, 1.82) is 0 Å². The molecular weight excluding hydrogens is 556 g/mol. The Kier molecular flexibility index (Phi) is 5.12. The zero-order valence-corrected chi connectivity index (χ0v) is 25.8. The normalized spacial score (nSPS) is 13.6. The largest absolute Gasteiger partial charge is 0.456 e. The Morgan fingerprint density at radius 3 is 2.02 bits per heavy atom. The molecule has 1 aliphatic rings. The lowest BCUT2D eigenvalue weighted by molar-refractivity contribution is 0.666. The minimum Gasteiger partial charge on any atom is -0.456 e. The average molecular weight is 587 g/mol. The number of furan rings is 1. The summed E-state index contributed by atoms with van der Waals surface area (Å²) < 4.78 is 6.46. The fourth-order valence-electron chi connectivity index (χ4n) is 8.30. The van der Waals surface area contributed by atoms with Crippen LogP contribution in [0.15, 0.2) is 150 Å². The van der Waals surface area contributed by atoms with Crippen molar-refractivity contribution in [3.05, 3.63) is 157 Å². The SMILES string of the molecule is CC1(C)c2ccccc2-c2c(-c3cccc4ccccc34)cc3ccc(-c4cccc5oc6cc7ccccc7cc6c45)cc3c21. The zero-order valence-electron chi connectivity index (χ0n) is 25.8. The molecule has 0 bridgehead atoms. The molecule has 1 aromatic heterocycles. The highest BCUT2D eigenvalue weighted by Gasteiger charge is 2.38. The molecule has 216 valence electrons. The second-order valence-electron chi connectivity index (χ2n) is 13.3. The first-order valence-corrected chi connectivity index (χ1v) is 16.1. The maximum absolute atomic E-state index is 6.46. The Labute approximate surface area is 267 Å². The van der Waals surface area contributed by atoms with Crippen molar-refractivity contribution in [2.75, 3.05) is 0 Å². The number of hydrogen-bond donors (Lipinski definition) is 0. The quantitative estimate of drug-likeness (QED) is 0.196. The summed E-state index contributed by atoms with van der Waals surface area (Å²) in [5, 5.41) is 9.89. The Morgan fingerprint density at radius 1 is 0.435 bits per heavy atom. The van der Waals surface area contributed by atoms with Crippen LogP contribution < -0.4 is 0 Å². The van der Waals surface area contributed by atoms with E-state index in [0.717, 1.165) is 16.6 Å². The summed E-state index contributed by atoms with van der Waals surface area (Å²) in [6, 6.07) is 53.4. The van der Waals surface area contributed by atoms with Crippen LogP contribution in [0.3, 0.4) is 0 Å². The van der Waals surface area contributed by atoms with Crippen LogP contribution in [0.1, 0.15) is 25.0 Å². The first kappa shape index (κ1) is 25.6. The minimum atomic E-state index is -0.156. The van der Waals surface area contributed by atoms with Gasteiger partial charge in [0.05, 0.1) is 0 Å². The first-order chi connectivity index (χ1) is 22.6. The second kappa shape index (κ2) is 9.19. The Hall–Kier alpha value is -5.66. The monoisotopic (exact) mass is 586 g/mol. The summed E-state index contributed by atoms with van der Waals surface area (Å²) in [6.45, 7) is 4.79. The molecule has 0 atom stereocenters. The van der Waals surface area contributed by atoms with Crippen LogP contribution in [0.4, 0.5) is 0 Å². The van der Waals surface area contributed by atoms with E-state index >= 15 is 0 Å². The van der Waals surface area contributed by atoms with Crippen LogP contribution >= 0.6 is 0 Å². The molecule has 10 rings (SSSR count). The Morgan fingerprint density at radius 2 is 1.13 bits per heavy atom. The number of hydrogen-bond acceptors (Lipinski definition) is 1. The Balaban J connectivity index is 1.29. The van der Waals surface area contributed by atoms with Crippen LogP contribution in [-0.2, 0) is 5.41 Å². The van der Waals surface area contributed by atoms with Crippen LogP contribution in [-0.4, -0.2) is 0 Å². The van der Waals surface area contributed by atoms with Gasteiger partial charge in [-0.15, -0.1) is 0 Å². The van der Waals surface area contributed by atoms with E-state index in [9.17, 15) is 0 Å². The van der Waals surface area contributed by atoms with Gasteiger partial charge in [0.2, 0.25) is 0 Å². The van der Waals surface area contributed by atoms with Crippen molar-refractivity contribution < 1.29 is 4.42 Å². The number of fused-ring (bicyclic) bond motifs is 10. The van der Waals surface area contributed by atoms with Gasteiger partial charge in [-0.1, -0.05) is 129 Å². The average Bonchev–Trinajstić information content (AvgIpc) is 3.58. The highest BCUT2D eigenvalue weighted by atomic mass is 16.3. The summed E-state index contributed by atoms with van der Waals surface area (Å²) >= 11 is 0. The van der Waals surface area contributed by atoms with Crippen molar-refractivity contribution in [2.45, 2.75) is 19.3 Å². The predicted octanol–water partition coefficient (Wildman–Crippen LogP) is 12.7. The zero-order chi connectivity index (χ0) is 30.6. The van der Waals surface area contributed by atoms with Gasteiger partial charge in [-0.25, -0.2) is 0 Å². The second-order valence-corrected chi connectivity index (χ2v) is 13.3. The van der Waals surface area contributed by atoms with Crippen LogP contribution in [0, 0.1) is 0 Å². The lowest BCUT2D eigenvalue weighted by Gasteiger charge is -2.24. The van der Waals surface area contributed by atoms with Gasteiger partial charge in [0.1, 0.15) is 11.2 Å². The van der Waals surface area contributed by atoms with E-state index < -0.39 is 0 Å². The van der Waals surface area contributed by atoms with E-state index in [4.69, 9.17) is 4.42 Å². The van der Waals surface area contributed by atoms with E-state index in [-0.39, 0.29) is 5.41 Å². The first-order valence-electron chi connectivity index (χ1n) is 16.1. The summed E-state index contributed by atoms with van der Waals surface area (Å²) in [5.41, 5.74) is 12.2. The van der Waals surface area contributed by atoms with Gasteiger partial charge < -0.3 is 4.42 Å². The molecule has 0 saturated heterocycles. The van der Waals surface area contributed by atoms with Crippen molar-refractivity contribution in [2.24, 2.45) is 0 Å². The molecular formula is C45H30O. The van der Waals surface area contributed by atoms with Crippen molar-refractivity contribution >= 4 is 54.3 Å². The third kappa shape index (κ3) is 3.46. The fourth-order valence-corrected chi connectivity index (χ4v) is 8.30. The predicted molar refractivity (Wildman–Crippen MR) is 195 cm³/mol. The van der Waals surface area contributed by atoms with E-state index in [2.05, 4.69) is 159 Å². The molecule has 0 unspecified atom stereocenters. The van der Waals surface area contributed by atoms with Gasteiger partial charge >= 0.3 is 0 Å². The summed E-state index contributed by atoms with van der Waals surface area (Å²) in [4.78, 5) is 0. The molecule has 0 saturated carbocycles. The van der Waals surface area contributed by atoms with Crippen LogP contribution in [0.25, 0.3) is 87.6 Å². The maximum atomic E-state index is 6.46. The molecule has 0 amide bonds. The van der Waals surface area contributed by atoms with Crippen LogP contribution in [0.2, 0.25) is 0 Å². The van der Waals surface area contributed by atoms with Crippen molar-refractivity contribution in [3.63, 3.8) is 0 Å². The van der Waals surface area contributed by atoms with Gasteiger partial charge in [-0.3, -0.25) is 0 Å². The Bertz CT molecular complexity index is 2720. The smallest absolute Gasteiger partial charge is 0.136 e. The van der Waals surface area contributed by atoms with E-state index in [1.165, 1.54) is 82.2 Å². The fraction of sp³-hybridized carbons (Fsp3) is 0.0667. The lowest BCUT2D eigenvalue weighted by Crippen LogP contribution is -2.15. The van der Waals surface area contributed by atoms with Crippen molar-refractivity contribution in [3.8, 4) is 33.4 Å².